The predicted molar refractivity (Wildman–Crippen MR) is 108 cm³/mol. The summed E-state index contributed by atoms with van der Waals surface area (Å²) in [5.74, 6) is -0.545. The van der Waals surface area contributed by atoms with E-state index in [-0.39, 0.29) is 18.3 Å². The predicted octanol–water partition coefficient (Wildman–Crippen LogP) is 3.70. The van der Waals surface area contributed by atoms with Gasteiger partial charge in [-0.05, 0) is 32.9 Å². The maximum atomic E-state index is 13.8. The van der Waals surface area contributed by atoms with Crippen molar-refractivity contribution in [2.75, 3.05) is 5.32 Å². The van der Waals surface area contributed by atoms with Gasteiger partial charge in [0.15, 0.2) is 5.65 Å². The highest BCUT2D eigenvalue weighted by Crippen LogP contribution is 2.23. The fourth-order valence-corrected chi connectivity index (χ4v) is 3.39. The third kappa shape index (κ3) is 3.61. The number of pyridine rings is 1. The molecule has 3 heterocycles. The van der Waals surface area contributed by atoms with Crippen LogP contribution in [0.25, 0.3) is 11.0 Å². The van der Waals surface area contributed by atoms with Crippen molar-refractivity contribution in [1.29, 1.82) is 0 Å². The van der Waals surface area contributed by atoms with E-state index >= 15 is 0 Å². The van der Waals surface area contributed by atoms with Gasteiger partial charge in [0.05, 0.1) is 35.1 Å². The molecule has 3 aromatic heterocycles. The second kappa shape index (κ2) is 7.46. The first-order valence-electron chi connectivity index (χ1n) is 9.38. The maximum Gasteiger partial charge on any atom is 0.256 e. The highest BCUT2D eigenvalue weighted by Gasteiger charge is 2.19. The molecule has 0 fully saturated rings. The average molecular weight is 392 g/mol. The van der Waals surface area contributed by atoms with Gasteiger partial charge in [0.25, 0.3) is 5.91 Å². The number of nitrogens with one attached hydrogen (secondary N) is 1. The Morgan fingerprint density at radius 3 is 2.79 bits per heavy atom. The Bertz CT molecular complexity index is 1210. The summed E-state index contributed by atoms with van der Waals surface area (Å²) >= 11 is 0. The Hall–Kier alpha value is -3.55. The quantitative estimate of drug-likeness (QED) is 0.562. The lowest BCUT2D eigenvalue weighted by Crippen LogP contribution is -2.13. The lowest BCUT2D eigenvalue weighted by molar-refractivity contribution is 0.102. The molecule has 1 amide bonds. The number of carbonyl (C=O) groups is 1. The van der Waals surface area contributed by atoms with Crippen molar-refractivity contribution >= 4 is 22.6 Å². The van der Waals surface area contributed by atoms with Crippen LogP contribution in [-0.4, -0.2) is 30.5 Å². The van der Waals surface area contributed by atoms with Gasteiger partial charge in [0.1, 0.15) is 5.82 Å². The van der Waals surface area contributed by atoms with Crippen molar-refractivity contribution in [3.05, 3.63) is 71.1 Å². The van der Waals surface area contributed by atoms with E-state index in [4.69, 9.17) is 0 Å². The SMILES string of the molecule is CCn1nc(C)c2c(C(=O)Nc3cnn(Cc4ccccc4F)c3)cc(C)nc21. The number of benzene rings is 1. The number of aryl methyl sites for hydroxylation is 3. The molecular formula is C21H21FN6O. The van der Waals surface area contributed by atoms with Crippen LogP contribution in [0.3, 0.4) is 0 Å². The van der Waals surface area contributed by atoms with Crippen LogP contribution in [-0.2, 0) is 13.1 Å². The molecule has 7 nitrogen and oxygen atoms in total. The molecule has 0 radical (unpaired) electrons. The minimum Gasteiger partial charge on any atom is -0.319 e. The Morgan fingerprint density at radius 1 is 1.24 bits per heavy atom. The second-order valence-corrected chi connectivity index (χ2v) is 6.88. The molecule has 0 aliphatic rings. The number of aromatic nitrogens is 5. The van der Waals surface area contributed by atoms with E-state index in [1.54, 1.807) is 46.0 Å². The molecule has 0 aliphatic heterocycles. The molecule has 1 N–H and O–H groups in total. The van der Waals surface area contributed by atoms with Gasteiger partial charge in [-0.2, -0.15) is 10.2 Å². The van der Waals surface area contributed by atoms with Crippen LogP contribution < -0.4 is 5.32 Å². The van der Waals surface area contributed by atoms with Gasteiger partial charge in [-0.3, -0.25) is 9.48 Å². The molecule has 0 unspecified atom stereocenters. The van der Waals surface area contributed by atoms with E-state index in [1.807, 2.05) is 20.8 Å². The lowest BCUT2D eigenvalue weighted by atomic mass is 10.1. The molecule has 0 bridgehead atoms. The number of amides is 1. The minimum absolute atomic E-state index is 0.260. The molecule has 0 saturated heterocycles. The lowest BCUT2D eigenvalue weighted by Gasteiger charge is -2.07. The van der Waals surface area contributed by atoms with Gasteiger partial charge in [0, 0.05) is 24.0 Å². The van der Waals surface area contributed by atoms with E-state index in [0.29, 0.717) is 29.0 Å². The van der Waals surface area contributed by atoms with Crippen LogP contribution in [0.4, 0.5) is 10.1 Å². The first-order valence-corrected chi connectivity index (χ1v) is 9.38. The van der Waals surface area contributed by atoms with Crippen molar-refractivity contribution in [1.82, 2.24) is 24.5 Å². The zero-order chi connectivity index (χ0) is 20.5. The minimum atomic E-state index is -0.286. The summed E-state index contributed by atoms with van der Waals surface area (Å²) in [6.07, 6.45) is 3.23. The molecular weight excluding hydrogens is 371 g/mol. The standard InChI is InChI=1S/C21H21FN6O/c1-4-28-20-19(14(3)26-28)17(9-13(2)24-20)21(29)25-16-10-23-27(12-16)11-15-7-5-6-8-18(15)22/h5-10,12H,4,11H2,1-3H3,(H,25,29). The molecule has 0 atom stereocenters. The van der Waals surface area contributed by atoms with Gasteiger partial charge in [-0.15, -0.1) is 0 Å². The summed E-state index contributed by atoms with van der Waals surface area (Å²) in [4.78, 5) is 17.5. The van der Waals surface area contributed by atoms with Crippen LogP contribution in [0.15, 0.2) is 42.7 Å². The molecule has 4 aromatic rings. The highest BCUT2D eigenvalue weighted by molar-refractivity contribution is 6.12. The third-order valence-corrected chi connectivity index (χ3v) is 4.73. The number of rotatable bonds is 5. The number of hydrogen-bond acceptors (Lipinski definition) is 4. The smallest absolute Gasteiger partial charge is 0.256 e. The topological polar surface area (TPSA) is 77.6 Å². The first kappa shape index (κ1) is 18.8. The van der Waals surface area contributed by atoms with Gasteiger partial charge in [-0.25, -0.2) is 14.1 Å². The molecule has 0 aliphatic carbocycles. The van der Waals surface area contributed by atoms with Gasteiger partial charge in [-0.1, -0.05) is 18.2 Å². The number of halogens is 1. The average Bonchev–Trinajstić information content (AvgIpc) is 3.26. The summed E-state index contributed by atoms with van der Waals surface area (Å²) in [6.45, 7) is 6.66. The zero-order valence-electron chi connectivity index (χ0n) is 16.5. The molecule has 8 heteroatoms. The summed E-state index contributed by atoms with van der Waals surface area (Å²) in [7, 11) is 0. The van der Waals surface area contributed by atoms with Crippen molar-refractivity contribution in [2.45, 2.75) is 33.9 Å². The third-order valence-electron chi connectivity index (χ3n) is 4.73. The summed E-state index contributed by atoms with van der Waals surface area (Å²) in [5.41, 5.74) is 3.79. The molecule has 1 aromatic carbocycles. The Balaban J connectivity index is 1.60. The first-order chi connectivity index (χ1) is 14.0. The molecule has 148 valence electrons. The van der Waals surface area contributed by atoms with Crippen molar-refractivity contribution in [2.24, 2.45) is 0 Å². The van der Waals surface area contributed by atoms with E-state index in [2.05, 4.69) is 20.5 Å². The molecule has 0 spiro atoms. The number of anilines is 1. The summed E-state index contributed by atoms with van der Waals surface area (Å²) in [6, 6.07) is 8.31. The van der Waals surface area contributed by atoms with Crippen LogP contribution in [0.1, 0.15) is 34.2 Å². The number of carbonyl (C=O) groups excluding carboxylic acids is 1. The van der Waals surface area contributed by atoms with Crippen molar-refractivity contribution < 1.29 is 9.18 Å². The van der Waals surface area contributed by atoms with Crippen LogP contribution in [0.5, 0.6) is 0 Å². The summed E-state index contributed by atoms with van der Waals surface area (Å²) in [5, 5.41) is 12.3. The van der Waals surface area contributed by atoms with E-state index in [0.717, 1.165) is 16.8 Å². The highest BCUT2D eigenvalue weighted by atomic mass is 19.1. The van der Waals surface area contributed by atoms with E-state index in [9.17, 15) is 9.18 Å². The van der Waals surface area contributed by atoms with Crippen LogP contribution in [0.2, 0.25) is 0 Å². The van der Waals surface area contributed by atoms with Crippen molar-refractivity contribution in [3.8, 4) is 0 Å². The van der Waals surface area contributed by atoms with Crippen molar-refractivity contribution in [3.63, 3.8) is 0 Å². The largest absolute Gasteiger partial charge is 0.319 e. The van der Waals surface area contributed by atoms with Gasteiger partial charge >= 0.3 is 0 Å². The fourth-order valence-electron chi connectivity index (χ4n) is 3.39. The van der Waals surface area contributed by atoms with E-state index in [1.165, 1.54) is 6.07 Å². The van der Waals surface area contributed by atoms with Crippen LogP contribution >= 0.6 is 0 Å². The fraction of sp³-hybridized carbons (Fsp3) is 0.238. The number of fused-ring (bicyclic) bond motifs is 1. The normalized spacial score (nSPS) is 11.2. The van der Waals surface area contributed by atoms with Gasteiger partial charge < -0.3 is 5.32 Å². The molecule has 4 rings (SSSR count). The molecule has 0 saturated carbocycles. The van der Waals surface area contributed by atoms with Gasteiger partial charge in [0.2, 0.25) is 0 Å². The van der Waals surface area contributed by atoms with E-state index < -0.39 is 0 Å². The Labute approximate surface area is 167 Å². The summed E-state index contributed by atoms with van der Waals surface area (Å²) < 4.78 is 17.2. The molecule has 29 heavy (non-hydrogen) atoms. The monoisotopic (exact) mass is 392 g/mol. The number of nitrogens with zero attached hydrogens (tertiary/aromatic N) is 5. The zero-order valence-corrected chi connectivity index (χ0v) is 16.5. The van der Waals surface area contributed by atoms with Crippen LogP contribution in [0, 0.1) is 19.7 Å². The second-order valence-electron chi connectivity index (χ2n) is 6.88. The number of hydrogen-bond donors (Lipinski definition) is 1. The Morgan fingerprint density at radius 2 is 2.03 bits per heavy atom. The Kier molecular flexibility index (Phi) is 4.84. The maximum absolute atomic E-state index is 13.8.